The van der Waals surface area contributed by atoms with Gasteiger partial charge < -0.3 is 14.5 Å². The highest BCUT2D eigenvalue weighted by Crippen LogP contribution is 2.30. The SMILES string of the molecule is COc1ccc(N2CCN(C(=O)c3ccc(N4C(=O)CCS4(=O)=O)cc3Cl)CC2)cc1. The summed E-state index contributed by atoms with van der Waals surface area (Å²) in [6.07, 6.45) is -0.0564. The number of hydrogen-bond acceptors (Lipinski definition) is 6. The number of amides is 2. The number of piperazine rings is 1. The van der Waals surface area contributed by atoms with Crippen LogP contribution in [-0.4, -0.2) is 64.2 Å². The van der Waals surface area contributed by atoms with Gasteiger partial charge in [-0.3, -0.25) is 9.59 Å². The number of halogens is 1. The van der Waals surface area contributed by atoms with Crippen molar-refractivity contribution < 1.29 is 22.7 Å². The van der Waals surface area contributed by atoms with Crippen molar-refractivity contribution in [1.82, 2.24) is 4.90 Å². The van der Waals surface area contributed by atoms with Gasteiger partial charge in [-0.05, 0) is 42.5 Å². The molecule has 0 radical (unpaired) electrons. The van der Waals surface area contributed by atoms with Crippen LogP contribution in [0.25, 0.3) is 0 Å². The number of carbonyl (C=O) groups is 2. The lowest BCUT2D eigenvalue weighted by molar-refractivity contribution is -0.116. The van der Waals surface area contributed by atoms with Crippen LogP contribution < -0.4 is 13.9 Å². The van der Waals surface area contributed by atoms with Crippen LogP contribution in [0, 0.1) is 0 Å². The highest BCUT2D eigenvalue weighted by molar-refractivity contribution is 7.94. The predicted molar refractivity (Wildman–Crippen MR) is 118 cm³/mol. The molecule has 2 aliphatic rings. The Labute approximate surface area is 186 Å². The van der Waals surface area contributed by atoms with Gasteiger partial charge in [0, 0.05) is 38.3 Å². The first-order valence-corrected chi connectivity index (χ1v) is 11.8. The summed E-state index contributed by atoms with van der Waals surface area (Å²) in [5, 5.41) is 0.120. The minimum atomic E-state index is -3.68. The first kappa shape index (κ1) is 21.5. The number of anilines is 2. The third kappa shape index (κ3) is 4.20. The molecule has 8 nitrogen and oxygen atoms in total. The lowest BCUT2D eigenvalue weighted by Gasteiger charge is -2.36. The second-order valence-corrected chi connectivity index (χ2v) is 9.71. The van der Waals surface area contributed by atoms with Gasteiger partial charge in [0.25, 0.3) is 5.91 Å². The number of hydrogen-bond donors (Lipinski definition) is 0. The van der Waals surface area contributed by atoms with E-state index in [-0.39, 0.29) is 34.4 Å². The summed E-state index contributed by atoms with van der Waals surface area (Å²) in [6, 6.07) is 12.1. The molecule has 0 aliphatic carbocycles. The number of ether oxygens (including phenoxy) is 1. The Bertz CT molecular complexity index is 1110. The van der Waals surface area contributed by atoms with Crippen molar-refractivity contribution in [1.29, 1.82) is 0 Å². The Morgan fingerprint density at radius 2 is 1.65 bits per heavy atom. The molecule has 2 aromatic carbocycles. The Morgan fingerprint density at radius 1 is 1.00 bits per heavy atom. The summed E-state index contributed by atoms with van der Waals surface area (Å²) in [5.41, 5.74) is 1.51. The molecule has 2 amide bonds. The van der Waals surface area contributed by atoms with Crippen molar-refractivity contribution in [2.75, 3.05) is 48.2 Å². The van der Waals surface area contributed by atoms with Gasteiger partial charge in [0.1, 0.15) is 5.75 Å². The van der Waals surface area contributed by atoms with Crippen LogP contribution in [0.1, 0.15) is 16.8 Å². The van der Waals surface area contributed by atoms with Crippen LogP contribution in [-0.2, 0) is 14.8 Å². The average Bonchev–Trinajstić information content (AvgIpc) is 3.05. The van der Waals surface area contributed by atoms with Gasteiger partial charge in [-0.1, -0.05) is 11.6 Å². The van der Waals surface area contributed by atoms with Crippen molar-refractivity contribution in [3.05, 3.63) is 53.1 Å². The third-order valence-corrected chi connectivity index (χ3v) is 7.50. The molecule has 0 unspecified atom stereocenters. The standard InChI is InChI=1S/C21H22ClN3O5S/c1-30-17-5-2-15(3-6-17)23-9-11-24(12-10-23)21(27)18-7-4-16(14-19(18)22)25-20(26)8-13-31(25,28)29/h2-7,14H,8-13H2,1H3. The lowest BCUT2D eigenvalue weighted by Crippen LogP contribution is -2.48. The van der Waals surface area contributed by atoms with E-state index >= 15 is 0 Å². The quantitative estimate of drug-likeness (QED) is 0.691. The minimum Gasteiger partial charge on any atom is -0.497 e. The van der Waals surface area contributed by atoms with Crippen molar-refractivity contribution in [2.45, 2.75) is 6.42 Å². The summed E-state index contributed by atoms with van der Waals surface area (Å²) < 4.78 is 30.2. The zero-order valence-corrected chi connectivity index (χ0v) is 18.5. The first-order chi connectivity index (χ1) is 14.8. The minimum absolute atomic E-state index is 0.0564. The maximum absolute atomic E-state index is 13.0. The van der Waals surface area contributed by atoms with Gasteiger partial charge in [-0.25, -0.2) is 12.7 Å². The molecule has 2 aliphatic heterocycles. The molecule has 0 atom stereocenters. The van der Waals surface area contributed by atoms with Gasteiger partial charge in [0.05, 0.1) is 29.1 Å². The van der Waals surface area contributed by atoms with Crippen LogP contribution in [0.15, 0.2) is 42.5 Å². The Hall–Kier alpha value is -2.78. The second kappa shape index (κ2) is 8.39. The second-order valence-electron chi connectivity index (χ2n) is 7.37. The zero-order valence-electron chi connectivity index (χ0n) is 17.0. The fourth-order valence-corrected chi connectivity index (χ4v) is 5.51. The summed E-state index contributed by atoms with van der Waals surface area (Å²) in [6.45, 7) is 2.41. The van der Waals surface area contributed by atoms with Crippen LogP contribution in [0.2, 0.25) is 5.02 Å². The van der Waals surface area contributed by atoms with E-state index in [1.165, 1.54) is 18.2 Å². The average molecular weight is 464 g/mol. The fraction of sp³-hybridized carbons (Fsp3) is 0.333. The summed E-state index contributed by atoms with van der Waals surface area (Å²) >= 11 is 6.31. The van der Waals surface area contributed by atoms with Crippen molar-refractivity contribution >= 4 is 44.8 Å². The number of nitrogens with zero attached hydrogens (tertiary/aromatic N) is 3. The molecule has 0 aromatic heterocycles. The third-order valence-electron chi connectivity index (χ3n) is 5.50. The molecule has 2 aromatic rings. The predicted octanol–water partition coefficient (Wildman–Crippen LogP) is 2.38. The lowest BCUT2D eigenvalue weighted by atomic mass is 10.1. The molecule has 0 N–H and O–H groups in total. The molecule has 164 valence electrons. The molecular weight excluding hydrogens is 442 g/mol. The van der Waals surface area contributed by atoms with Gasteiger partial charge in [-0.2, -0.15) is 0 Å². The highest BCUT2D eigenvalue weighted by atomic mass is 35.5. The van der Waals surface area contributed by atoms with E-state index < -0.39 is 15.9 Å². The maximum atomic E-state index is 13.0. The topological polar surface area (TPSA) is 87.2 Å². The Kier molecular flexibility index (Phi) is 5.81. The van der Waals surface area contributed by atoms with Crippen LogP contribution in [0.3, 0.4) is 0 Å². The Balaban J connectivity index is 1.45. The van der Waals surface area contributed by atoms with Crippen molar-refractivity contribution in [3.63, 3.8) is 0 Å². The monoisotopic (exact) mass is 463 g/mol. The normalized spacial score (nSPS) is 18.4. The van der Waals surface area contributed by atoms with E-state index in [0.29, 0.717) is 26.2 Å². The van der Waals surface area contributed by atoms with Crippen LogP contribution in [0.4, 0.5) is 11.4 Å². The molecule has 4 rings (SSSR count). The van der Waals surface area contributed by atoms with Crippen molar-refractivity contribution in [3.8, 4) is 5.75 Å². The maximum Gasteiger partial charge on any atom is 0.255 e. The highest BCUT2D eigenvalue weighted by Gasteiger charge is 2.36. The molecule has 31 heavy (non-hydrogen) atoms. The molecule has 0 saturated carbocycles. The molecule has 0 bridgehead atoms. The van der Waals surface area contributed by atoms with E-state index in [9.17, 15) is 18.0 Å². The van der Waals surface area contributed by atoms with Gasteiger partial charge in [0.15, 0.2) is 0 Å². The van der Waals surface area contributed by atoms with E-state index in [0.717, 1.165) is 15.7 Å². The summed E-state index contributed by atoms with van der Waals surface area (Å²) in [4.78, 5) is 28.9. The largest absolute Gasteiger partial charge is 0.497 e. The van der Waals surface area contributed by atoms with Gasteiger partial charge >= 0.3 is 0 Å². The fourth-order valence-electron chi connectivity index (χ4n) is 3.80. The van der Waals surface area contributed by atoms with E-state index in [2.05, 4.69) is 4.90 Å². The first-order valence-electron chi connectivity index (χ1n) is 9.84. The summed E-state index contributed by atoms with van der Waals surface area (Å²) in [7, 11) is -2.06. The van der Waals surface area contributed by atoms with E-state index in [4.69, 9.17) is 16.3 Å². The number of carbonyl (C=O) groups excluding carboxylic acids is 2. The molecule has 2 fully saturated rings. The molecular formula is C21H22ClN3O5S. The zero-order chi connectivity index (χ0) is 22.2. The molecule has 0 spiro atoms. The number of methoxy groups -OCH3 is 1. The van der Waals surface area contributed by atoms with Crippen molar-refractivity contribution in [2.24, 2.45) is 0 Å². The number of rotatable bonds is 4. The molecule has 2 heterocycles. The van der Waals surface area contributed by atoms with E-state index in [1.54, 1.807) is 12.0 Å². The smallest absolute Gasteiger partial charge is 0.255 e. The van der Waals surface area contributed by atoms with Crippen LogP contribution in [0.5, 0.6) is 5.75 Å². The molecule has 2 saturated heterocycles. The van der Waals surface area contributed by atoms with Gasteiger partial charge in [-0.15, -0.1) is 0 Å². The van der Waals surface area contributed by atoms with Crippen LogP contribution >= 0.6 is 11.6 Å². The molecule has 10 heteroatoms. The van der Waals surface area contributed by atoms with Gasteiger partial charge in [0.2, 0.25) is 15.9 Å². The number of sulfonamides is 1. The van der Waals surface area contributed by atoms with E-state index in [1.807, 2.05) is 24.3 Å². The summed E-state index contributed by atoms with van der Waals surface area (Å²) in [5.74, 6) is -0.145. The Morgan fingerprint density at radius 3 is 2.19 bits per heavy atom. The number of benzene rings is 2.